The van der Waals surface area contributed by atoms with Gasteiger partial charge in [0.05, 0.1) is 24.2 Å². The molecule has 3 aromatic rings. The number of furan rings is 1. The third kappa shape index (κ3) is 5.81. The first-order valence-electron chi connectivity index (χ1n) is 8.35. The van der Waals surface area contributed by atoms with Crippen molar-refractivity contribution >= 4 is 41.3 Å². The number of hydrogen-bond acceptors (Lipinski definition) is 6. The Balaban J connectivity index is 0.00000261. The summed E-state index contributed by atoms with van der Waals surface area (Å²) in [6.07, 6.45) is 3.15. The van der Waals surface area contributed by atoms with E-state index in [1.54, 1.807) is 42.9 Å². The molecule has 0 radical (unpaired) electrons. The molecule has 0 aromatic carbocycles. The molecule has 7 nitrogen and oxygen atoms in total. The summed E-state index contributed by atoms with van der Waals surface area (Å²) >= 11 is 1.58. The minimum atomic E-state index is -1.14. The van der Waals surface area contributed by atoms with Crippen LogP contribution in [0, 0.1) is 0 Å². The highest BCUT2D eigenvalue weighted by Gasteiger charge is 2.26. The van der Waals surface area contributed by atoms with Gasteiger partial charge in [-0.05, 0) is 37.4 Å². The number of oxazole rings is 1. The van der Waals surface area contributed by atoms with Crippen molar-refractivity contribution in [3.8, 4) is 10.8 Å². The Kier molecular flexibility index (Phi) is 7.87. The van der Waals surface area contributed by atoms with Gasteiger partial charge in [-0.3, -0.25) is 0 Å². The predicted molar refractivity (Wildman–Crippen MR) is 116 cm³/mol. The highest BCUT2D eigenvalue weighted by molar-refractivity contribution is 14.0. The molecule has 3 N–H and O–H groups in total. The molecular weight excluding hydrogens is 479 g/mol. The molecule has 0 saturated heterocycles. The van der Waals surface area contributed by atoms with Crippen LogP contribution in [0.4, 0.5) is 0 Å². The number of nitrogens with zero attached hydrogens (tertiary/aromatic N) is 2. The van der Waals surface area contributed by atoms with Gasteiger partial charge in [-0.1, -0.05) is 6.07 Å². The highest BCUT2D eigenvalue weighted by Crippen LogP contribution is 2.23. The van der Waals surface area contributed by atoms with Crippen LogP contribution in [0.25, 0.3) is 10.8 Å². The molecule has 0 aliphatic rings. The molecule has 0 aliphatic carbocycles. The number of guanidine groups is 1. The lowest BCUT2D eigenvalue weighted by atomic mass is 10.0. The monoisotopic (exact) mass is 502 g/mol. The van der Waals surface area contributed by atoms with Gasteiger partial charge in [0.25, 0.3) is 0 Å². The summed E-state index contributed by atoms with van der Waals surface area (Å²) in [5.41, 5.74) is -0.400. The van der Waals surface area contributed by atoms with E-state index < -0.39 is 5.60 Å². The van der Waals surface area contributed by atoms with Crippen molar-refractivity contribution in [3.05, 3.63) is 53.6 Å². The van der Waals surface area contributed by atoms with Crippen LogP contribution in [-0.2, 0) is 12.1 Å². The second-order valence-corrected chi connectivity index (χ2v) is 6.87. The average Bonchev–Trinajstić information content (AvgIpc) is 3.39. The summed E-state index contributed by atoms with van der Waals surface area (Å²) in [6.45, 7) is 4.99. The van der Waals surface area contributed by atoms with Gasteiger partial charge in [0.2, 0.25) is 5.89 Å². The quantitative estimate of drug-likeness (QED) is 0.260. The zero-order valence-electron chi connectivity index (χ0n) is 15.1. The second-order valence-electron chi connectivity index (χ2n) is 5.92. The summed E-state index contributed by atoms with van der Waals surface area (Å²) in [5, 5.41) is 18.8. The van der Waals surface area contributed by atoms with Gasteiger partial charge in [0, 0.05) is 6.54 Å². The molecule has 0 aliphatic heterocycles. The number of halogens is 1. The van der Waals surface area contributed by atoms with Crippen molar-refractivity contribution < 1.29 is 13.9 Å². The molecule has 3 heterocycles. The number of aliphatic imine (C=N–C) groups is 1. The topological polar surface area (TPSA) is 95.8 Å². The molecule has 9 heteroatoms. The summed E-state index contributed by atoms with van der Waals surface area (Å²) in [6, 6.07) is 7.41. The fraction of sp³-hybridized carbons (Fsp3) is 0.333. The van der Waals surface area contributed by atoms with Crippen molar-refractivity contribution in [1.29, 1.82) is 0 Å². The average molecular weight is 502 g/mol. The molecule has 0 amide bonds. The molecule has 27 heavy (non-hydrogen) atoms. The lowest BCUT2D eigenvalue weighted by Gasteiger charge is -2.22. The minimum Gasteiger partial charge on any atom is -0.466 e. The zero-order chi connectivity index (χ0) is 18.4. The van der Waals surface area contributed by atoms with Gasteiger partial charge in [0.1, 0.15) is 23.3 Å². The second kappa shape index (κ2) is 9.90. The molecule has 3 rings (SSSR count). The van der Waals surface area contributed by atoms with Crippen LogP contribution in [0.5, 0.6) is 0 Å². The first-order valence-corrected chi connectivity index (χ1v) is 9.23. The van der Waals surface area contributed by atoms with Crippen molar-refractivity contribution in [2.75, 3.05) is 13.1 Å². The maximum Gasteiger partial charge on any atom is 0.236 e. The van der Waals surface area contributed by atoms with Gasteiger partial charge in [-0.25, -0.2) is 9.98 Å². The van der Waals surface area contributed by atoms with E-state index in [1.165, 1.54) is 0 Å². The number of aromatic nitrogens is 1. The molecular formula is C18H23IN4O3S. The van der Waals surface area contributed by atoms with Crippen LogP contribution in [0.15, 0.2) is 56.0 Å². The molecule has 1 unspecified atom stereocenters. The maximum atomic E-state index is 10.5. The van der Waals surface area contributed by atoms with Gasteiger partial charge >= 0.3 is 0 Å². The van der Waals surface area contributed by atoms with E-state index in [1.807, 2.05) is 24.4 Å². The first-order chi connectivity index (χ1) is 12.6. The number of aliphatic hydroxyl groups is 1. The standard InChI is InChI=1S/C18H22N4O3S.HI/c1-3-19-17(21-12-18(2,23)15-7-4-8-24-15)20-10-13-11-25-16(22-13)14-6-5-9-26-14;/h4-9,11,23H,3,10,12H2,1-2H3,(H2,19,20,21);1H. The molecule has 0 fully saturated rings. The van der Waals surface area contributed by atoms with Crippen molar-refractivity contribution in [2.24, 2.45) is 4.99 Å². The van der Waals surface area contributed by atoms with Crippen LogP contribution in [0.3, 0.4) is 0 Å². The first kappa shape index (κ1) is 21.5. The third-order valence-electron chi connectivity index (χ3n) is 3.68. The van der Waals surface area contributed by atoms with E-state index in [-0.39, 0.29) is 30.5 Å². The van der Waals surface area contributed by atoms with Crippen molar-refractivity contribution in [1.82, 2.24) is 15.6 Å². The van der Waals surface area contributed by atoms with Crippen LogP contribution in [-0.4, -0.2) is 29.1 Å². The number of thiophene rings is 1. The van der Waals surface area contributed by atoms with E-state index in [2.05, 4.69) is 20.6 Å². The Bertz CT molecular complexity index is 829. The SMILES string of the molecule is CCNC(=NCc1coc(-c2cccs2)n1)NCC(C)(O)c1ccco1.I. The molecule has 146 valence electrons. The minimum absolute atomic E-state index is 0. The lowest BCUT2D eigenvalue weighted by molar-refractivity contribution is 0.0386. The largest absolute Gasteiger partial charge is 0.466 e. The van der Waals surface area contributed by atoms with E-state index in [9.17, 15) is 5.11 Å². The summed E-state index contributed by atoms with van der Waals surface area (Å²) in [5.74, 6) is 1.68. The zero-order valence-corrected chi connectivity index (χ0v) is 18.3. The molecule has 0 saturated carbocycles. The van der Waals surface area contributed by atoms with E-state index in [4.69, 9.17) is 8.83 Å². The van der Waals surface area contributed by atoms with E-state index in [0.29, 0.717) is 30.7 Å². The van der Waals surface area contributed by atoms with Crippen LogP contribution >= 0.6 is 35.3 Å². The van der Waals surface area contributed by atoms with Crippen LogP contribution < -0.4 is 10.6 Å². The van der Waals surface area contributed by atoms with E-state index >= 15 is 0 Å². The Hall–Kier alpha value is -1.85. The Morgan fingerprint density at radius 2 is 2.15 bits per heavy atom. The summed E-state index contributed by atoms with van der Waals surface area (Å²) in [7, 11) is 0. The smallest absolute Gasteiger partial charge is 0.236 e. The van der Waals surface area contributed by atoms with Gasteiger partial charge in [0.15, 0.2) is 5.96 Å². The molecule has 0 bridgehead atoms. The Morgan fingerprint density at radius 3 is 2.81 bits per heavy atom. The van der Waals surface area contributed by atoms with Gasteiger partial charge < -0.3 is 24.6 Å². The normalized spacial score (nSPS) is 13.7. The van der Waals surface area contributed by atoms with Crippen LogP contribution in [0.1, 0.15) is 25.3 Å². The molecule has 1 atom stereocenters. The maximum absolute atomic E-state index is 10.5. The van der Waals surface area contributed by atoms with Crippen molar-refractivity contribution in [2.45, 2.75) is 26.0 Å². The molecule has 0 spiro atoms. The summed E-state index contributed by atoms with van der Waals surface area (Å²) in [4.78, 5) is 9.93. The fourth-order valence-electron chi connectivity index (χ4n) is 2.32. The number of hydrogen-bond donors (Lipinski definition) is 3. The van der Waals surface area contributed by atoms with Gasteiger partial charge in [-0.2, -0.15) is 0 Å². The van der Waals surface area contributed by atoms with Gasteiger partial charge in [-0.15, -0.1) is 35.3 Å². The predicted octanol–water partition coefficient (Wildman–Crippen LogP) is 3.58. The lowest BCUT2D eigenvalue weighted by Crippen LogP contribution is -2.44. The Morgan fingerprint density at radius 1 is 1.30 bits per heavy atom. The van der Waals surface area contributed by atoms with Crippen LogP contribution in [0.2, 0.25) is 0 Å². The summed E-state index contributed by atoms with van der Waals surface area (Å²) < 4.78 is 10.8. The van der Waals surface area contributed by atoms with Crippen molar-refractivity contribution in [3.63, 3.8) is 0 Å². The number of rotatable bonds is 7. The highest BCUT2D eigenvalue weighted by atomic mass is 127. The Labute approximate surface area is 178 Å². The third-order valence-corrected chi connectivity index (χ3v) is 4.54. The number of nitrogens with one attached hydrogen (secondary N) is 2. The molecule has 3 aromatic heterocycles. The fourth-order valence-corrected chi connectivity index (χ4v) is 2.98. The van der Waals surface area contributed by atoms with E-state index in [0.717, 1.165) is 10.6 Å².